The number of aromatic nitrogens is 2. The average molecular weight is 431 g/mol. The molecule has 0 spiro atoms. The quantitative estimate of drug-likeness (QED) is 0.485. The number of ether oxygens (including phenoxy) is 1. The predicted molar refractivity (Wildman–Crippen MR) is 131 cm³/mol. The highest BCUT2D eigenvalue weighted by Gasteiger charge is 2.30. The van der Waals surface area contributed by atoms with Gasteiger partial charge >= 0.3 is 0 Å². The molecule has 5 rings (SSSR count). The van der Waals surface area contributed by atoms with Gasteiger partial charge < -0.3 is 15.0 Å². The van der Waals surface area contributed by atoms with Gasteiger partial charge in [0.1, 0.15) is 17.4 Å². The molecule has 2 heterocycles. The first-order chi connectivity index (χ1) is 15.8. The minimum atomic E-state index is 0.534. The van der Waals surface area contributed by atoms with E-state index in [1.165, 1.54) is 29.4 Å². The molecule has 1 saturated carbocycles. The summed E-state index contributed by atoms with van der Waals surface area (Å²) in [7, 11) is 1.77. The van der Waals surface area contributed by atoms with Gasteiger partial charge in [-0.1, -0.05) is 37.3 Å². The largest absolute Gasteiger partial charge is 0.496 e. The van der Waals surface area contributed by atoms with Crippen LogP contribution in [0, 0.1) is 0 Å². The Hall–Kier alpha value is -2.66. The molecule has 0 unspecified atom stereocenters. The lowest BCUT2D eigenvalue weighted by molar-refractivity contribution is 0.397. The number of nitrogens with zero attached hydrogens (tertiary/aromatic N) is 3. The van der Waals surface area contributed by atoms with E-state index in [1.807, 2.05) is 0 Å². The minimum Gasteiger partial charge on any atom is -0.496 e. The first-order valence-electron chi connectivity index (χ1n) is 12.2. The molecule has 32 heavy (non-hydrogen) atoms. The van der Waals surface area contributed by atoms with Gasteiger partial charge in [0, 0.05) is 30.9 Å². The van der Waals surface area contributed by atoms with Gasteiger partial charge in [-0.2, -0.15) is 0 Å². The van der Waals surface area contributed by atoms with Gasteiger partial charge in [-0.3, -0.25) is 0 Å². The number of fused-ring (bicyclic) bond motifs is 1. The van der Waals surface area contributed by atoms with Crippen molar-refractivity contribution in [3.63, 3.8) is 0 Å². The molecule has 168 valence electrons. The van der Waals surface area contributed by atoms with Crippen LogP contribution in [0.15, 0.2) is 42.5 Å². The van der Waals surface area contributed by atoms with E-state index < -0.39 is 0 Å². The molecule has 0 amide bonds. The fourth-order valence-electron chi connectivity index (χ4n) is 4.93. The summed E-state index contributed by atoms with van der Waals surface area (Å²) in [5.74, 6) is 4.27. The van der Waals surface area contributed by atoms with Crippen LogP contribution in [0.1, 0.15) is 67.8 Å². The van der Waals surface area contributed by atoms with Crippen LogP contribution in [0.2, 0.25) is 0 Å². The Morgan fingerprint density at radius 1 is 0.969 bits per heavy atom. The number of benzene rings is 2. The molecule has 1 saturated heterocycles. The lowest BCUT2D eigenvalue weighted by Gasteiger charge is -2.34. The topological polar surface area (TPSA) is 50.3 Å². The van der Waals surface area contributed by atoms with E-state index in [0.29, 0.717) is 11.8 Å². The van der Waals surface area contributed by atoms with Crippen molar-refractivity contribution < 1.29 is 4.74 Å². The van der Waals surface area contributed by atoms with Gasteiger partial charge in [0.05, 0.1) is 12.6 Å². The molecule has 1 aliphatic heterocycles. The van der Waals surface area contributed by atoms with Crippen LogP contribution in [0.3, 0.4) is 0 Å². The summed E-state index contributed by atoms with van der Waals surface area (Å²) in [5.41, 5.74) is 3.76. The molecule has 5 heteroatoms. The SMILES string of the molecule is CCCNCc1cccc2c(N3CCC(c4ccccc4OC)CC3)nc(C3CC3)nc12. The van der Waals surface area contributed by atoms with Crippen molar-refractivity contribution in [3.8, 4) is 5.75 Å². The summed E-state index contributed by atoms with van der Waals surface area (Å²) < 4.78 is 5.63. The van der Waals surface area contributed by atoms with E-state index in [0.717, 1.165) is 68.3 Å². The van der Waals surface area contributed by atoms with Crippen LogP contribution < -0.4 is 15.0 Å². The van der Waals surface area contributed by atoms with Crippen LogP contribution in [-0.4, -0.2) is 36.7 Å². The molecule has 3 aromatic rings. The van der Waals surface area contributed by atoms with Crippen LogP contribution in [0.5, 0.6) is 5.75 Å². The van der Waals surface area contributed by atoms with Crippen LogP contribution >= 0.6 is 0 Å². The highest BCUT2D eigenvalue weighted by Crippen LogP contribution is 2.41. The number of hydrogen-bond acceptors (Lipinski definition) is 5. The van der Waals surface area contributed by atoms with E-state index in [-0.39, 0.29) is 0 Å². The lowest BCUT2D eigenvalue weighted by atomic mass is 9.88. The Morgan fingerprint density at radius 3 is 2.53 bits per heavy atom. The Balaban J connectivity index is 1.43. The molecule has 2 fully saturated rings. The monoisotopic (exact) mass is 430 g/mol. The maximum Gasteiger partial charge on any atom is 0.140 e. The van der Waals surface area contributed by atoms with Crippen LogP contribution in [-0.2, 0) is 6.54 Å². The first kappa shape index (κ1) is 21.2. The molecule has 2 aromatic carbocycles. The molecular formula is C27H34N4O. The zero-order chi connectivity index (χ0) is 21.9. The molecule has 1 aliphatic carbocycles. The van der Waals surface area contributed by atoms with E-state index in [4.69, 9.17) is 14.7 Å². The first-order valence-corrected chi connectivity index (χ1v) is 12.2. The second-order valence-corrected chi connectivity index (χ2v) is 9.17. The standard InChI is InChI=1S/C27H34N4O/c1-3-15-28-18-21-7-6-9-23-25(21)29-26(20-11-12-20)30-27(23)31-16-13-19(14-17-31)22-8-4-5-10-24(22)32-2/h4-10,19-20,28H,3,11-18H2,1-2H3. The number of hydrogen-bond donors (Lipinski definition) is 1. The summed E-state index contributed by atoms with van der Waals surface area (Å²) in [6, 6.07) is 15.1. The lowest BCUT2D eigenvalue weighted by Crippen LogP contribution is -2.34. The molecule has 5 nitrogen and oxygen atoms in total. The summed E-state index contributed by atoms with van der Waals surface area (Å²) >= 11 is 0. The normalized spacial score (nSPS) is 17.1. The number of piperidine rings is 1. The molecule has 1 aromatic heterocycles. The van der Waals surface area contributed by atoms with Gasteiger partial charge in [-0.15, -0.1) is 0 Å². The Morgan fingerprint density at radius 2 is 1.78 bits per heavy atom. The highest BCUT2D eigenvalue weighted by atomic mass is 16.5. The molecule has 2 aliphatic rings. The average Bonchev–Trinajstić information content (AvgIpc) is 3.69. The maximum atomic E-state index is 5.63. The Labute approximate surface area is 191 Å². The van der Waals surface area contributed by atoms with Crippen molar-refractivity contribution in [2.75, 3.05) is 31.6 Å². The van der Waals surface area contributed by atoms with E-state index in [1.54, 1.807) is 7.11 Å². The zero-order valence-electron chi connectivity index (χ0n) is 19.3. The number of rotatable bonds is 8. The number of anilines is 1. The fraction of sp³-hybridized carbons (Fsp3) is 0.481. The van der Waals surface area contributed by atoms with Crippen molar-refractivity contribution in [2.24, 2.45) is 0 Å². The maximum absolute atomic E-state index is 5.63. The van der Waals surface area contributed by atoms with Crippen molar-refractivity contribution >= 4 is 16.7 Å². The second-order valence-electron chi connectivity index (χ2n) is 9.17. The van der Waals surface area contributed by atoms with Crippen LogP contribution in [0.25, 0.3) is 10.9 Å². The van der Waals surface area contributed by atoms with E-state index >= 15 is 0 Å². The van der Waals surface area contributed by atoms with Gasteiger partial charge in [0.15, 0.2) is 0 Å². The predicted octanol–water partition coefficient (Wildman–Crippen LogP) is 5.40. The van der Waals surface area contributed by atoms with Gasteiger partial charge in [0.2, 0.25) is 0 Å². The molecule has 0 radical (unpaired) electrons. The van der Waals surface area contributed by atoms with Gasteiger partial charge in [0.25, 0.3) is 0 Å². The summed E-state index contributed by atoms with van der Waals surface area (Å²) in [4.78, 5) is 12.7. The van der Waals surface area contributed by atoms with Crippen LogP contribution in [0.4, 0.5) is 5.82 Å². The third-order valence-corrected chi connectivity index (χ3v) is 6.87. The molecular weight excluding hydrogens is 396 g/mol. The van der Waals surface area contributed by atoms with E-state index in [9.17, 15) is 0 Å². The number of nitrogens with one attached hydrogen (secondary N) is 1. The van der Waals surface area contributed by atoms with E-state index in [2.05, 4.69) is 59.6 Å². The minimum absolute atomic E-state index is 0.534. The molecule has 0 atom stereocenters. The Kier molecular flexibility index (Phi) is 6.26. The number of methoxy groups -OCH3 is 1. The number of para-hydroxylation sites is 2. The van der Waals surface area contributed by atoms with Crippen molar-refractivity contribution in [3.05, 3.63) is 59.4 Å². The second kappa shape index (κ2) is 9.45. The van der Waals surface area contributed by atoms with Crippen molar-refractivity contribution in [1.82, 2.24) is 15.3 Å². The fourth-order valence-corrected chi connectivity index (χ4v) is 4.93. The van der Waals surface area contributed by atoms with Crippen molar-refractivity contribution in [1.29, 1.82) is 0 Å². The van der Waals surface area contributed by atoms with Crippen molar-refractivity contribution in [2.45, 2.75) is 57.4 Å². The molecule has 1 N–H and O–H groups in total. The Bertz CT molecular complexity index is 1070. The third kappa shape index (κ3) is 4.31. The highest BCUT2D eigenvalue weighted by molar-refractivity contribution is 5.92. The zero-order valence-corrected chi connectivity index (χ0v) is 19.3. The smallest absolute Gasteiger partial charge is 0.140 e. The van der Waals surface area contributed by atoms with Gasteiger partial charge in [-0.05, 0) is 67.8 Å². The summed E-state index contributed by atoms with van der Waals surface area (Å²) in [6.45, 7) is 6.12. The van der Waals surface area contributed by atoms with Gasteiger partial charge in [-0.25, -0.2) is 9.97 Å². The third-order valence-electron chi connectivity index (χ3n) is 6.87. The molecule has 0 bridgehead atoms. The summed E-state index contributed by atoms with van der Waals surface area (Å²) in [6.07, 6.45) is 5.80. The summed E-state index contributed by atoms with van der Waals surface area (Å²) in [5, 5.41) is 4.75.